The Kier molecular flexibility index (Phi) is 8.98. The van der Waals surface area contributed by atoms with Gasteiger partial charge in [0.15, 0.2) is 16.7 Å². The molecule has 0 N–H and O–H groups in total. The van der Waals surface area contributed by atoms with Crippen LogP contribution >= 0.6 is 11.8 Å². The van der Waals surface area contributed by atoms with Gasteiger partial charge in [0, 0.05) is 5.56 Å². The monoisotopic (exact) mass is 587 g/mol. The molecular weight excluding hydrogens is 554 g/mol. The minimum absolute atomic E-state index is 0.130. The largest absolute Gasteiger partial charge is 0.490 e. The van der Waals surface area contributed by atoms with Gasteiger partial charge in [-0.3, -0.25) is 9.69 Å². The first-order chi connectivity index (χ1) is 20.8. The standard InChI is InChI=1S/C36H33N3O3S/c1-6-41-33-19-27(15-16-32(33)42-22-29-10-8-7-9-28(29)21-37)20-34-35(40)39(31-18-24(3)12-14-26(31)5)36(43-34)38-30-17-23(2)11-13-25(30)4/h7-20H,6,22H2,1-5H3. The van der Waals surface area contributed by atoms with Crippen LogP contribution in [0.25, 0.3) is 6.08 Å². The number of ether oxygens (including phenoxy) is 2. The zero-order valence-corrected chi connectivity index (χ0v) is 25.8. The second-order valence-electron chi connectivity index (χ2n) is 10.4. The van der Waals surface area contributed by atoms with Gasteiger partial charge in [0.2, 0.25) is 0 Å². The number of benzene rings is 4. The molecule has 4 aromatic carbocycles. The van der Waals surface area contributed by atoms with Crippen molar-refractivity contribution < 1.29 is 14.3 Å². The Balaban J connectivity index is 1.51. The minimum atomic E-state index is -0.130. The first-order valence-electron chi connectivity index (χ1n) is 14.1. The van der Waals surface area contributed by atoms with E-state index >= 15 is 0 Å². The maximum Gasteiger partial charge on any atom is 0.271 e. The third-order valence-electron chi connectivity index (χ3n) is 7.08. The molecule has 1 aliphatic rings. The molecule has 1 heterocycles. The number of thioether (sulfide) groups is 1. The number of aryl methyl sites for hydroxylation is 4. The molecule has 43 heavy (non-hydrogen) atoms. The third-order valence-corrected chi connectivity index (χ3v) is 8.05. The van der Waals surface area contributed by atoms with Gasteiger partial charge < -0.3 is 9.47 Å². The summed E-state index contributed by atoms with van der Waals surface area (Å²) in [5, 5.41) is 10.0. The molecule has 0 aromatic heterocycles. The number of nitriles is 1. The third kappa shape index (κ3) is 6.66. The summed E-state index contributed by atoms with van der Waals surface area (Å²) < 4.78 is 12.0. The normalized spacial score (nSPS) is 14.8. The predicted octanol–water partition coefficient (Wildman–Crippen LogP) is 8.58. The summed E-state index contributed by atoms with van der Waals surface area (Å²) in [6, 6.07) is 27.4. The van der Waals surface area contributed by atoms with E-state index in [2.05, 4.69) is 12.1 Å². The molecular formula is C36H33N3O3S. The number of nitrogens with zero attached hydrogens (tertiary/aromatic N) is 3. The maximum absolute atomic E-state index is 14.0. The van der Waals surface area contributed by atoms with Crippen molar-refractivity contribution in [1.82, 2.24) is 0 Å². The Hall–Kier alpha value is -4.80. The summed E-state index contributed by atoms with van der Waals surface area (Å²) in [7, 11) is 0. The molecule has 6 nitrogen and oxygen atoms in total. The van der Waals surface area contributed by atoms with Crippen LogP contribution in [0, 0.1) is 39.0 Å². The number of amides is 1. The van der Waals surface area contributed by atoms with Crippen molar-refractivity contribution in [2.75, 3.05) is 11.5 Å². The van der Waals surface area contributed by atoms with Gasteiger partial charge in [0.25, 0.3) is 5.91 Å². The molecule has 5 rings (SSSR count). The summed E-state index contributed by atoms with van der Waals surface area (Å²) in [5.41, 5.74) is 8.04. The lowest BCUT2D eigenvalue weighted by Gasteiger charge is -2.19. The average molecular weight is 588 g/mol. The smallest absolute Gasteiger partial charge is 0.271 e. The van der Waals surface area contributed by atoms with Crippen LogP contribution in [0.15, 0.2) is 88.8 Å². The fourth-order valence-corrected chi connectivity index (χ4v) is 5.72. The number of hydrogen-bond acceptors (Lipinski definition) is 6. The van der Waals surface area contributed by atoms with Gasteiger partial charge in [-0.05, 0) is 111 Å². The van der Waals surface area contributed by atoms with E-state index in [0.717, 1.165) is 44.8 Å². The fourth-order valence-electron chi connectivity index (χ4n) is 4.73. The zero-order valence-electron chi connectivity index (χ0n) is 25.0. The van der Waals surface area contributed by atoms with Crippen LogP contribution in [0.3, 0.4) is 0 Å². The van der Waals surface area contributed by atoms with Gasteiger partial charge in [-0.2, -0.15) is 5.26 Å². The van der Waals surface area contributed by atoms with Crippen molar-refractivity contribution in [1.29, 1.82) is 5.26 Å². The molecule has 0 bridgehead atoms. The van der Waals surface area contributed by atoms with Crippen LogP contribution in [-0.4, -0.2) is 17.7 Å². The van der Waals surface area contributed by atoms with E-state index in [0.29, 0.717) is 33.7 Å². The number of rotatable bonds is 8. The first kappa shape index (κ1) is 29.7. The number of anilines is 1. The van der Waals surface area contributed by atoms with Crippen LogP contribution in [0.1, 0.15) is 45.9 Å². The number of hydrogen-bond donors (Lipinski definition) is 0. The second kappa shape index (κ2) is 13.0. The number of aliphatic imine (C=N–C) groups is 1. The van der Waals surface area contributed by atoms with Gasteiger partial charge in [-0.1, -0.05) is 48.5 Å². The van der Waals surface area contributed by atoms with E-state index < -0.39 is 0 Å². The number of amidine groups is 1. The maximum atomic E-state index is 14.0. The lowest BCUT2D eigenvalue weighted by molar-refractivity contribution is -0.113. The highest BCUT2D eigenvalue weighted by atomic mass is 32.2. The Morgan fingerprint density at radius 2 is 1.63 bits per heavy atom. The Morgan fingerprint density at radius 1 is 0.884 bits per heavy atom. The van der Waals surface area contributed by atoms with Crippen LogP contribution in [0.4, 0.5) is 11.4 Å². The zero-order chi connectivity index (χ0) is 30.5. The SMILES string of the molecule is CCOc1cc(C=C2SC(=Nc3cc(C)ccc3C)N(c3cc(C)ccc3C)C2=O)ccc1OCc1ccccc1C#N. The second-order valence-corrected chi connectivity index (χ2v) is 11.4. The molecule has 1 aliphatic heterocycles. The summed E-state index contributed by atoms with van der Waals surface area (Å²) in [4.78, 5) is 21.3. The van der Waals surface area contributed by atoms with Crippen molar-refractivity contribution in [2.24, 2.45) is 4.99 Å². The molecule has 1 saturated heterocycles. The highest BCUT2D eigenvalue weighted by molar-refractivity contribution is 8.19. The predicted molar refractivity (Wildman–Crippen MR) is 175 cm³/mol. The van der Waals surface area contributed by atoms with E-state index in [1.54, 1.807) is 11.0 Å². The lowest BCUT2D eigenvalue weighted by atomic mass is 10.1. The molecule has 0 unspecified atom stereocenters. The molecule has 216 valence electrons. The molecule has 7 heteroatoms. The van der Waals surface area contributed by atoms with Crippen molar-refractivity contribution in [3.8, 4) is 17.6 Å². The van der Waals surface area contributed by atoms with Crippen molar-refractivity contribution >= 4 is 40.3 Å². The topological polar surface area (TPSA) is 74.9 Å². The van der Waals surface area contributed by atoms with E-state index in [-0.39, 0.29) is 12.5 Å². The van der Waals surface area contributed by atoms with Gasteiger partial charge in [0.05, 0.1) is 34.5 Å². The number of carbonyl (C=O) groups is 1. The Labute approximate surface area is 257 Å². The van der Waals surface area contributed by atoms with E-state index in [4.69, 9.17) is 14.5 Å². The molecule has 0 aliphatic carbocycles. The van der Waals surface area contributed by atoms with Crippen molar-refractivity contribution in [2.45, 2.75) is 41.2 Å². The van der Waals surface area contributed by atoms with Crippen molar-refractivity contribution in [3.05, 3.63) is 123 Å². The molecule has 1 fully saturated rings. The average Bonchev–Trinajstić information content (AvgIpc) is 3.29. The highest BCUT2D eigenvalue weighted by Crippen LogP contribution is 2.40. The Morgan fingerprint density at radius 3 is 2.40 bits per heavy atom. The van der Waals surface area contributed by atoms with Gasteiger partial charge >= 0.3 is 0 Å². The minimum Gasteiger partial charge on any atom is -0.490 e. The summed E-state index contributed by atoms with van der Waals surface area (Å²) in [6.07, 6.45) is 1.87. The quantitative estimate of drug-likeness (QED) is 0.193. The number of carbonyl (C=O) groups excluding carboxylic acids is 1. The molecule has 0 radical (unpaired) electrons. The van der Waals surface area contributed by atoms with E-state index in [1.165, 1.54) is 11.8 Å². The Bertz CT molecular complexity index is 1800. The summed E-state index contributed by atoms with van der Waals surface area (Å²) >= 11 is 1.36. The van der Waals surface area contributed by atoms with Crippen molar-refractivity contribution in [3.63, 3.8) is 0 Å². The van der Waals surface area contributed by atoms with E-state index in [1.807, 2.05) is 107 Å². The van der Waals surface area contributed by atoms with Crippen LogP contribution in [0.5, 0.6) is 11.5 Å². The van der Waals surface area contributed by atoms with Gasteiger partial charge in [0.1, 0.15) is 6.61 Å². The van der Waals surface area contributed by atoms with Gasteiger partial charge in [-0.25, -0.2) is 4.99 Å². The lowest BCUT2D eigenvalue weighted by Crippen LogP contribution is -2.29. The molecule has 0 atom stereocenters. The van der Waals surface area contributed by atoms with Gasteiger partial charge in [-0.15, -0.1) is 0 Å². The van der Waals surface area contributed by atoms with E-state index in [9.17, 15) is 10.1 Å². The highest BCUT2D eigenvalue weighted by Gasteiger charge is 2.35. The van der Waals surface area contributed by atoms with Crippen LogP contribution in [0.2, 0.25) is 0 Å². The fraction of sp³-hybridized carbons (Fsp3) is 0.194. The summed E-state index contributed by atoms with van der Waals surface area (Å²) in [6.45, 7) is 10.7. The first-order valence-corrected chi connectivity index (χ1v) is 14.9. The summed E-state index contributed by atoms with van der Waals surface area (Å²) in [5.74, 6) is 1.00. The van der Waals surface area contributed by atoms with Crippen LogP contribution in [-0.2, 0) is 11.4 Å². The molecule has 4 aromatic rings. The molecule has 0 spiro atoms. The van der Waals surface area contributed by atoms with Crippen LogP contribution < -0.4 is 14.4 Å². The molecule has 1 amide bonds. The molecule has 0 saturated carbocycles.